The fourth-order valence-corrected chi connectivity index (χ4v) is 4.50. The van der Waals surface area contributed by atoms with Crippen molar-refractivity contribution in [1.82, 2.24) is 4.90 Å². The summed E-state index contributed by atoms with van der Waals surface area (Å²) >= 11 is 0. The molecule has 4 rings (SSSR count). The minimum absolute atomic E-state index is 0.0869. The lowest BCUT2D eigenvalue weighted by molar-refractivity contribution is -0.118. The van der Waals surface area contributed by atoms with Gasteiger partial charge in [0.2, 0.25) is 5.91 Å². The van der Waals surface area contributed by atoms with Crippen LogP contribution in [0.4, 0.5) is 11.4 Å². The molecular formula is C24H29N3O2. The van der Waals surface area contributed by atoms with Crippen molar-refractivity contribution in [2.75, 3.05) is 36.0 Å². The van der Waals surface area contributed by atoms with Crippen molar-refractivity contribution in [3.05, 3.63) is 59.2 Å². The number of carbonyl (C=O) groups excluding carboxylic acids is 2. The van der Waals surface area contributed by atoms with E-state index in [1.165, 1.54) is 11.3 Å². The van der Waals surface area contributed by atoms with E-state index < -0.39 is 0 Å². The van der Waals surface area contributed by atoms with E-state index in [0.29, 0.717) is 26.1 Å². The third-order valence-electron chi connectivity index (χ3n) is 6.07. The van der Waals surface area contributed by atoms with Crippen LogP contribution in [0.2, 0.25) is 0 Å². The highest BCUT2D eigenvalue weighted by molar-refractivity contribution is 5.98. The molecule has 5 nitrogen and oxygen atoms in total. The molecule has 1 atom stereocenters. The van der Waals surface area contributed by atoms with Gasteiger partial charge in [-0.2, -0.15) is 0 Å². The number of nitrogens with zero attached hydrogens (tertiary/aromatic N) is 3. The van der Waals surface area contributed by atoms with Crippen LogP contribution < -0.4 is 9.80 Å². The number of anilines is 2. The predicted octanol–water partition coefficient (Wildman–Crippen LogP) is 3.65. The van der Waals surface area contributed by atoms with Crippen molar-refractivity contribution in [3.63, 3.8) is 0 Å². The van der Waals surface area contributed by atoms with Gasteiger partial charge in [0.15, 0.2) is 0 Å². The van der Waals surface area contributed by atoms with Gasteiger partial charge in [-0.3, -0.25) is 9.59 Å². The van der Waals surface area contributed by atoms with Gasteiger partial charge in [0.1, 0.15) is 0 Å². The van der Waals surface area contributed by atoms with Crippen molar-refractivity contribution >= 4 is 23.2 Å². The Labute approximate surface area is 172 Å². The van der Waals surface area contributed by atoms with Crippen molar-refractivity contribution in [2.45, 2.75) is 39.7 Å². The SMILES string of the molecule is CCC(=O)N1CCc2cc(C(=O)N3CCN(c4cccc(C)c4)[C@@H](C)C3)ccc21. The fourth-order valence-electron chi connectivity index (χ4n) is 4.50. The van der Waals surface area contributed by atoms with E-state index >= 15 is 0 Å². The van der Waals surface area contributed by atoms with E-state index in [9.17, 15) is 9.59 Å². The minimum atomic E-state index is 0.0869. The van der Waals surface area contributed by atoms with E-state index in [1.807, 2.05) is 34.9 Å². The van der Waals surface area contributed by atoms with Crippen LogP contribution in [-0.2, 0) is 11.2 Å². The first kappa shape index (κ1) is 19.5. The highest BCUT2D eigenvalue weighted by Crippen LogP contribution is 2.30. The fraction of sp³-hybridized carbons (Fsp3) is 0.417. The van der Waals surface area contributed by atoms with Gasteiger partial charge in [0.25, 0.3) is 5.91 Å². The molecule has 1 saturated heterocycles. The summed E-state index contributed by atoms with van der Waals surface area (Å²) in [5.74, 6) is 0.229. The molecule has 2 heterocycles. The topological polar surface area (TPSA) is 43.9 Å². The number of hydrogen-bond donors (Lipinski definition) is 0. The zero-order valence-corrected chi connectivity index (χ0v) is 17.5. The number of amides is 2. The minimum Gasteiger partial charge on any atom is -0.365 e. The summed E-state index contributed by atoms with van der Waals surface area (Å²) in [6.45, 7) is 9.15. The highest BCUT2D eigenvalue weighted by Gasteiger charge is 2.29. The largest absolute Gasteiger partial charge is 0.365 e. The van der Waals surface area contributed by atoms with E-state index in [1.54, 1.807) is 0 Å². The Morgan fingerprint density at radius 3 is 2.62 bits per heavy atom. The molecule has 29 heavy (non-hydrogen) atoms. The van der Waals surface area contributed by atoms with Gasteiger partial charge in [-0.05, 0) is 61.7 Å². The molecule has 2 aromatic carbocycles. The second-order valence-electron chi connectivity index (χ2n) is 8.13. The summed E-state index contributed by atoms with van der Waals surface area (Å²) in [6.07, 6.45) is 1.32. The average molecular weight is 392 g/mol. The van der Waals surface area contributed by atoms with Crippen molar-refractivity contribution in [1.29, 1.82) is 0 Å². The number of benzene rings is 2. The summed E-state index contributed by atoms with van der Waals surface area (Å²) in [5.41, 5.74) is 5.27. The third kappa shape index (κ3) is 3.74. The van der Waals surface area contributed by atoms with E-state index in [2.05, 4.69) is 43.0 Å². The Morgan fingerprint density at radius 2 is 1.90 bits per heavy atom. The standard InChI is InChI=1S/C24H29N3O2/c1-4-23(28)27-11-10-19-15-20(8-9-22(19)27)24(29)25-12-13-26(18(3)16-25)21-7-5-6-17(2)14-21/h5-9,14-15,18H,4,10-13,16H2,1-3H3/t18-/m0/s1. The Kier molecular flexibility index (Phi) is 5.31. The monoisotopic (exact) mass is 391 g/mol. The number of fused-ring (bicyclic) bond motifs is 1. The van der Waals surface area contributed by atoms with Crippen molar-refractivity contribution in [3.8, 4) is 0 Å². The molecule has 152 valence electrons. The van der Waals surface area contributed by atoms with Gasteiger partial charge in [-0.15, -0.1) is 0 Å². The molecule has 2 aromatic rings. The predicted molar refractivity (Wildman–Crippen MR) is 117 cm³/mol. The maximum atomic E-state index is 13.1. The average Bonchev–Trinajstić information content (AvgIpc) is 3.15. The van der Waals surface area contributed by atoms with Gasteiger partial charge >= 0.3 is 0 Å². The smallest absolute Gasteiger partial charge is 0.253 e. The second kappa shape index (κ2) is 7.90. The Morgan fingerprint density at radius 1 is 1.07 bits per heavy atom. The molecule has 0 spiro atoms. The summed E-state index contributed by atoms with van der Waals surface area (Å²) < 4.78 is 0. The molecule has 1 fully saturated rings. The number of hydrogen-bond acceptors (Lipinski definition) is 3. The van der Waals surface area contributed by atoms with E-state index in [0.717, 1.165) is 29.8 Å². The molecule has 2 amide bonds. The summed E-state index contributed by atoms with van der Waals surface area (Å²) in [7, 11) is 0. The molecule has 2 aliphatic rings. The lowest BCUT2D eigenvalue weighted by atomic mass is 10.1. The number of rotatable bonds is 3. The molecule has 0 bridgehead atoms. The third-order valence-corrected chi connectivity index (χ3v) is 6.07. The molecule has 0 saturated carbocycles. The summed E-state index contributed by atoms with van der Waals surface area (Å²) in [6, 6.07) is 14.6. The lowest BCUT2D eigenvalue weighted by Crippen LogP contribution is -2.53. The molecule has 0 N–H and O–H groups in total. The molecule has 0 aromatic heterocycles. The van der Waals surface area contributed by atoms with Crippen molar-refractivity contribution < 1.29 is 9.59 Å². The molecule has 5 heteroatoms. The summed E-state index contributed by atoms with van der Waals surface area (Å²) in [5, 5.41) is 0. The Balaban J connectivity index is 1.47. The van der Waals surface area contributed by atoms with Crippen LogP contribution in [0.1, 0.15) is 41.8 Å². The lowest BCUT2D eigenvalue weighted by Gasteiger charge is -2.41. The number of piperazine rings is 1. The number of aryl methyl sites for hydroxylation is 1. The van der Waals surface area contributed by atoms with Gasteiger partial charge < -0.3 is 14.7 Å². The van der Waals surface area contributed by atoms with Gasteiger partial charge in [-0.1, -0.05) is 19.1 Å². The van der Waals surface area contributed by atoms with Crippen LogP contribution >= 0.6 is 0 Å². The Bertz CT molecular complexity index is 939. The maximum absolute atomic E-state index is 13.1. The first-order chi connectivity index (χ1) is 14.0. The number of carbonyl (C=O) groups is 2. The first-order valence-electron chi connectivity index (χ1n) is 10.5. The van der Waals surface area contributed by atoms with Gasteiger partial charge in [0.05, 0.1) is 0 Å². The molecular weight excluding hydrogens is 362 g/mol. The molecule has 2 aliphatic heterocycles. The van der Waals surface area contributed by atoms with Crippen LogP contribution in [0.15, 0.2) is 42.5 Å². The van der Waals surface area contributed by atoms with Crippen LogP contribution in [0, 0.1) is 6.92 Å². The van der Waals surface area contributed by atoms with E-state index in [4.69, 9.17) is 0 Å². The van der Waals surface area contributed by atoms with Crippen LogP contribution in [0.25, 0.3) is 0 Å². The van der Waals surface area contributed by atoms with E-state index in [-0.39, 0.29) is 17.9 Å². The van der Waals surface area contributed by atoms with Crippen LogP contribution in [0.3, 0.4) is 0 Å². The van der Waals surface area contributed by atoms with Crippen LogP contribution in [-0.4, -0.2) is 48.9 Å². The maximum Gasteiger partial charge on any atom is 0.253 e. The summed E-state index contributed by atoms with van der Waals surface area (Å²) in [4.78, 5) is 31.4. The zero-order chi connectivity index (χ0) is 20.5. The zero-order valence-electron chi connectivity index (χ0n) is 17.5. The van der Waals surface area contributed by atoms with Gasteiger partial charge in [0, 0.05) is 55.6 Å². The van der Waals surface area contributed by atoms with Crippen LogP contribution in [0.5, 0.6) is 0 Å². The van der Waals surface area contributed by atoms with Crippen molar-refractivity contribution in [2.24, 2.45) is 0 Å². The Hall–Kier alpha value is -2.82. The molecule has 0 unspecified atom stereocenters. The quantitative estimate of drug-likeness (QED) is 0.802. The second-order valence-corrected chi connectivity index (χ2v) is 8.13. The highest BCUT2D eigenvalue weighted by atomic mass is 16.2. The molecule has 0 radical (unpaired) electrons. The first-order valence-corrected chi connectivity index (χ1v) is 10.5. The molecule has 0 aliphatic carbocycles. The normalized spacial score (nSPS) is 18.7. The van der Waals surface area contributed by atoms with Gasteiger partial charge in [-0.25, -0.2) is 0 Å².